The summed E-state index contributed by atoms with van der Waals surface area (Å²) in [5.41, 5.74) is 0.319. The summed E-state index contributed by atoms with van der Waals surface area (Å²) < 4.78 is 3.13. The quantitative estimate of drug-likeness (QED) is 0.347. The molecule has 0 bridgehead atoms. The monoisotopic (exact) mass is 441 g/mol. The Balaban J connectivity index is 1.66. The number of hydrogen-bond donors (Lipinski definition) is 3. The first-order valence-electron chi connectivity index (χ1n) is 10.5. The fourth-order valence-corrected chi connectivity index (χ4v) is 3.75. The molecule has 0 unspecified atom stereocenters. The summed E-state index contributed by atoms with van der Waals surface area (Å²) in [6, 6.07) is 11.2. The summed E-state index contributed by atoms with van der Waals surface area (Å²) in [5, 5.41) is 16.2. The summed E-state index contributed by atoms with van der Waals surface area (Å²) in [5.74, 6) is 0.808. The van der Waals surface area contributed by atoms with E-state index in [0.717, 1.165) is 16.5 Å². The Morgan fingerprint density at radius 3 is 2.79 bits per heavy atom. The molecule has 0 amide bonds. The molecule has 0 fully saturated rings. The molecule has 9 nitrogen and oxygen atoms in total. The molecule has 0 atom stereocenters. The Morgan fingerprint density at radius 2 is 2.00 bits per heavy atom. The molecule has 3 N–H and O–H groups in total. The lowest BCUT2D eigenvalue weighted by molar-refractivity contribution is 0.0738. The number of rotatable bonds is 6. The zero-order chi connectivity index (χ0) is 23.2. The molecule has 1 aromatic carbocycles. The van der Waals surface area contributed by atoms with E-state index in [4.69, 9.17) is 0 Å². The first-order chi connectivity index (χ1) is 15.8. The molecule has 5 aromatic rings. The van der Waals surface area contributed by atoms with E-state index in [0.29, 0.717) is 28.5 Å². The third-order valence-electron chi connectivity index (χ3n) is 5.38. The van der Waals surface area contributed by atoms with Crippen LogP contribution in [0.2, 0.25) is 0 Å². The predicted octanol–water partition coefficient (Wildman–Crippen LogP) is 3.62. The number of H-pyrrole nitrogens is 1. The zero-order valence-corrected chi connectivity index (χ0v) is 18.3. The van der Waals surface area contributed by atoms with Crippen molar-refractivity contribution in [2.45, 2.75) is 26.0 Å². The third kappa shape index (κ3) is 3.68. The topological polar surface area (TPSA) is 114 Å². The second kappa shape index (κ2) is 7.72. The highest BCUT2D eigenvalue weighted by atomic mass is 16.3. The predicted molar refractivity (Wildman–Crippen MR) is 128 cm³/mol. The highest BCUT2D eigenvalue weighted by Crippen LogP contribution is 2.23. The summed E-state index contributed by atoms with van der Waals surface area (Å²) in [6.07, 6.45) is 6.99. The molecule has 0 spiro atoms. The fourth-order valence-electron chi connectivity index (χ4n) is 3.75. The lowest BCUT2D eigenvalue weighted by atomic mass is 10.1. The van der Waals surface area contributed by atoms with E-state index in [2.05, 4.69) is 31.8 Å². The van der Waals surface area contributed by atoms with Gasteiger partial charge in [0.1, 0.15) is 11.0 Å². The van der Waals surface area contributed by atoms with Gasteiger partial charge in [0.15, 0.2) is 11.5 Å². The van der Waals surface area contributed by atoms with Gasteiger partial charge < -0.3 is 15.4 Å². The van der Waals surface area contributed by atoms with Crippen LogP contribution in [0.15, 0.2) is 72.4 Å². The van der Waals surface area contributed by atoms with E-state index in [9.17, 15) is 9.90 Å². The standard InChI is InChI=1S/C24H23N7O2/c1-4-10-30-22(32)18-14-26-23(27-17-9-8-15-12-25-13-16(15)11-17)29-21(18)31(30)20-7-5-6-19(28-20)24(2,3)33/h4-9,11-14,25,33H,1,10H2,2-3H3,(H,26,27,29). The van der Waals surface area contributed by atoms with Gasteiger partial charge in [-0.05, 0) is 43.5 Å². The van der Waals surface area contributed by atoms with Crippen molar-refractivity contribution in [3.63, 3.8) is 0 Å². The molecular weight excluding hydrogens is 418 g/mol. The zero-order valence-electron chi connectivity index (χ0n) is 18.3. The van der Waals surface area contributed by atoms with Crippen molar-refractivity contribution < 1.29 is 5.11 Å². The normalized spacial score (nSPS) is 11.8. The average molecular weight is 441 g/mol. The smallest absolute Gasteiger partial charge is 0.278 e. The summed E-state index contributed by atoms with van der Waals surface area (Å²) in [4.78, 5) is 29.8. The Hall–Kier alpha value is -4.24. The van der Waals surface area contributed by atoms with Crippen LogP contribution in [0.5, 0.6) is 0 Å². The van der Waals surface area contributed by atoms with Gasteiger partial charge in [-0.15, -0.1) is 6.58 Å². The second-order valence-electron chi connectivity index (χ2n) is 8.28. The molecule has 0 aliphatic rings. The molecule has 4 heterocycles. The minimum Gasteiger partial charge on any atom is -0.384 e. The van der Waals surface area contributed by atoms with Crippen LogP contribution in [-0.4, -0.2) is 34.4 Å². The highest BCUT2D eigenvalue weighted by molar-refractivity contribution is 5.86. The number of nitrogens with zero attached hydrogens (tertiary/aromatic N) is 5. The van der Waals surface area contributed by atoms with Crippen LogP contribution in [-0.2, 0) is 12.1 Å². The maximum Gasteiger partial charge on any atom is 0.278 e. The van der Waals surface area contributed by atoms with Crippen LogP contribution in [0.3, 0.4) is 0 Å². The fraction of sp³-hybridized carbons (Fsp3) is 0.167. The molecule has 0 saturated heterocycles. The Bertz CT molecular complexity index is 1550. The van der Waals surface area contributed by atoms with Gasteiger partial charge in [-0.25, -0.2) is 19.3 Å². The van der Waals surface area contributed by atoms with Gasteiger partial charge >= 0.3 is 0 Å². The van der Waals surface area contributed by atoms with Crippen LogP contribution in [0, 0.1) is 0 Å². The van der Waals surface area contributed by atoms with Crippen molar-refractivity contribution in [2.24, 2.45) is 0 Å². The van der Waals surface area contributed by atoms with Gasteiger partial charge in [-0.1, -0.05) is 18.2 Å². The lowest BCUT2D eigenvalue weighted by Gasteiger charge is -2.18. The largest absolute Gasteiger partial charge is 0.384 e. The molecule has 0 saturated carbocycles. The SMILES string of the molecule is C=CCn1c(=O)c2cnc(Nc3ccc4c[nH]cc4c3)nc2n1-c1cccc(C(C)(C)O)n1. The molecule has 4 aromatic heterocycles. The molecule has 9 heteroatoms. The van der Waals surface area contributed by atoms with Gasteiger partial charge in [0.05, 0.1) is 12.2 Å². The van der Waals surface area contributed by atoms with Crippen LogP contribution >= 0.6 is 0 Å². The van der Waals surface area contributed by atoms with E-state index in [1.54, 1.807) is 42.8 Å². The van der Waals surface area contributed by atoms with Crippen LogP contribution in [0.1, 0.15) is 19.5 Å². The number of benzene rings is 1. The van der Waals surface area contributed by atoms with Crippen molar-refractivity contribution in [1.82, 2.24) is 29.3 Å². The molecule has 33 heavy (non-hydrogen) atoms. The molecule has 166 valence electrons. The number of nitrogens with one attached hydrogen (secondary N) is 2. The van der Waals surface area contributed by atoms with Gasteiger partial charge in [-0.3, -0.25) is 4.79 Å². The van der Waals surface area contributed by atoms with E-state index < -0.39 is 5.60 Å². The number of fused-ring (bicyclic) bond motifs is 2. The molecule has 0 radical (unpaired) electrons. The van der Waals surface area contributed by atoms with Crippen molar-refractivity contribution in [1.29, 1.82) is 0 Å². The van der Waals surface area contributed by atoms with E-state index in [1.807, 2.05) is 30.6 Å². The maximum absolute atomic E-state index is 13.1. The molecule has 0 aliphatic heterocycles. The number of aromatic amines is 1. The van der Waals surface area contributed by atoms with Crippen LogP contribution in [0.25, 0.3) is 27.6 Å². The number of aromatic nitrogens is 6. The number of pyridine rings is 1. The van der Waals surface area contributed by atoms with E-state index in [-0.39, 0.29) is 12.1 Å². The summed E-state index contributed by atoms with van der Waals surface area (Å²) >= 11 is 0. The maximum atomic E-state index is 13.1. The first-order valence-corrected chi connectivity index (χ1v) is 10.5. The van der Waals surface area contributed by atoms with Crippen molar-refractivity contribution in [3.05, 3.63) is 83.7 Å². The van der Waals surface area contributed by atoms with Gasteiger partial charge in [0.25, 0.3) is 5.56 Å². The Kier molecular flexibility index (Phi) is 4.83. The molecular formula is C24H23N7O2. The minimum absolute atomic E-state index is 0.249. The average Bonchev–Trinajstić information content (AvgIpc) is 3.36. The first kappa shape index (κ1) is 20.7. The van der Waals surface area contributed by atoms with Gasteiger partial charge in [-0.2, -0.15) is 4.98 Å². The Morgan fingerprint density at radius 1 is 1.18 bits per heavy atom. The number of aliphatic hydroxyl groups is 1. The minimum atomic E-state index is -1.14. The molecule has 5 rings (SSSR count). The van der Waals surface area contributed by atoms with E-state index >= 15 is 0 Å². The number of anilines is 2. The van der Waals surface area contributed by atoms with E-state index in [1.165, 1.54) is 10.9 Å². The highest BCUT2D eigenvalue weighted by Gasteiger charge is 2.21. The van der Waals surface area contributed by atoms with Crippen LogP contribution in [0.4, 0.5) is 11.6 Å². The Labute approximate surface area is 189 Å². The number of allylic oxidation sites excluding steroid dienone is 1. The second-order valence-corrected chi connectivity index (χ2v) is 8.28. The summed E-state index contributed by atoms with van der Waals surface area (Å²) in [6.45, 7) is 7.35. The van der Waals surface area contributed by atoms with Crippen molar-refractivity contribution in [2.75, 3.05) is 5.32 Å². The van der Waals surface area contributed by atoms with Gasteiger partial charge in [0.2, 0.25) is 5.95 Å². The van der Waals surface area contributed by atoms with Crippen LogP contribution < -0.4 is 10.9 Å². The van der Waals surface area contributed by atoms with Gasteiger partial charge in [0, 0.05) is 29.7 Å². The summed E-state index contributed by atoms with van der Waals surface area (Å²) in [7, 11) is 0. The van der Waals surface area contributed by atoms with Crippen molar-refractivity contribution >= 4 is 33.4 Å². The molecule has 0 aliphatic carbocycles. The van der Waals surface area contributed by atoms with Crippen molar-refractivity contribution in [3.8, 4) is 5.82 Å². The number of hydrogen-bond acceptors (Lipinski definition) is 6. The lowest BCUT2D eigenvalue weighted by Crippen LogP contribution is -2.23. The third-order valence-corrected chi connectivity index (χ3v) is 5.38.